The normalized spacial score (nSPS) is 11.6. The van der Waals surface area contributed by atoms with Gasteiger partial charge in [-0.05, 0) is 82.4 Å². The van der Waals surface area contributed by atoms with Crippen LogP contribution < -0.4 is 4.74 Å². The van der Waals surface area contributed by atoms with Crippen LogP contribution in [0.3, 0.4) is 0 Å². The molecule has 0 aliphatic heterocycles. The van der Waals surface area contributed by atoms with E-state index in [2.05, 4.69) is 61.2 Å². The summed E-state index contributed by atoms with van der Waals surface area (Å²) in [5.41, 5.74) is 5.00. The summed E-state index contributed by atoms with van der Waals surface area (Å²) in [5, 5.41) is 2.50. The molecular formula is C24H26N2O. The minimum absolute atomic E-state index is 0.868. The van der Waals surface area contributed by atoms with E-state index in [0.717, 1.165) is 30.9 Å². The molecule has 0 atom stereocenters. The monoisotopic (exact) mass is 358 g/mol. The number of ether oxygens (including phenoxy) is 1. The Kier molecular flexibility index (Phi) is 4.87. The van der Waals surface area contributed by atoms with Crippen LogP contribution >= 0.6 is 0 Å². The van der Waals surface area contributed by atoms with E-state index in [4.69, 9.17) is 4.74 Å². The molecule has 0 radical (unpaired) electrons. The van der Waals surface area contributed by atoms with Crippen LogP contribution in [0.2, 0.25) is 0 Å². The van der Waals surface area contributed by atoms with Crippen LogP contribution in [0.5, 0.6) is 11.5 Å². The van der Waals surface area contributed by atoms with Crippen LogP contribution in [0, 0.1) is 6.92 Å². The van der Waals surface area contributed by atoms with Gasteiger partial charge in [-0.15, -0.1) is 0 Å². The molecule has 0 saturated carbocycles. The molecule has 4 rings (SSSR count). The molecule has 3 aromatic carbocycles. The highest BCUT2D eigenvalue weighted by molar-refractivity contribution is 6.09. The van der Waals surface area contributed by atoms with E-state index < -0.39 is 0 Å². The van der Waals surface area contributed by atoms with Crippen molar-refractivity contribution in [2.75, 3.05) is 20.6 Å². The highest BCUT2D eigenvalue weighted by Crippen LogP contribution is 2.34. The fourth-order valence-electron chi connectivity index (χ4n) is 3.62. The van der Waals surface area contributed by atoms with Gasteiger partial charge in [-0.25, -0.2) is 0 Å². The maximum atomic E-state index is 6.18. The SMILES string of the molecule is Cc1ccc2[nH]c3c(CCCN(C)C)cc(Oc4ccccc4)cc3c2c1. The first-order chi connectivity index (χ1) is 13.1. The summed E-state index contributed by atoms with van der Waals surface area (Å²) >= 11 is 0. The molecular weight excluding hydrogens is 332 g/mol. The molecule has 3 nitrogen and oxygen atoms in total. The second kappa shape index (κ2) is 7.45. The Labute approximate surface area is 160 Å². The number of nitrogens with zero attached hydrogens (tertiary/aromatic N) is 1. The molecule has 3 heteroatoms. The third kappa shape index (κ3) is 3.83. The Morgan fingerprint density at radius 2 is 1.70 bits per heavy atom. The summed E-state index contributed by atoms with van der Waals surface area (Å²) in [6.45, 7) is 3.21. The first kappa shape index (κ1) is 17.6. The van der Waals surface area contributed by atoms with Crippen LogP contribution in [0.15, 0.2) is 60.7 Å². The molecule has 0 spiro atoms. The van der Waals surface area contributed by atoms with E-state index in [1.807, 2.05) is 30.3 Å². The third-order valence-corrected chi connectivity index (χ3v) is 4.95. The van der Waals surface area contributed by atoms with Gasteiger partial charge in [0.15, 0.2) is 0 Å². The number of hydrogen-bond donors (Lipinski definition) is 1. The number of para-hydroxylation sites is 1. The lowest BCUT2D eigenvalue weighted by Crippen LogP contribution is -2.13. The molecule has 0 aliphatic carbocycles. The Balaban J connectivity index is 1.80. The van der Waals surface area contributed by atoms with Gasteiger partial charge in [0.05, 0.1) is 0 Å². The molecule has 1 N–H and O–H groups in total. The van der Waals surface area contributed by atoms with Crippen LogP contribution in [0.1, 0.15) is 17.5 Å². The minimum Gasteiger partial charge on any atom is -0.457 e. The fraction of sp³-hybridized carbons (Fsp3) is 0.250. The quantitative estimate of drug-likeness (QED) is 0.464. The predicted octanol–water partition coefficient (Wildman–Crippen LogP) is 5.92. The summed E-state index contributed by atoms with van der Waals surface area (Å²) in [4.78, 5) is 5.87. The Morgan fingerprint density at radius 1 is 0.889 bits per heavy atom. The second-order valence-corrected chi connectivity index (χ2v) is 7.50. The number of benzene rings is 3. The molecule has 0 saturated heterocycles. The standard InChI is InChI=1S/C24H26N2O/c1-17-11-12-23-21(14-17)22-16-20(27-19-9-5-4-6-10-19)15-18(24(22)25-23)8-7-13-26(2)3/h4-6,9-12,14-16,25H,7-8,13H2,1-3H3. The highest BCUT2D eigenvalue weighted by atomic mass is 16.5. The first-order valence-corrected chi connectivity index (χ1v) is 9.53. The number of H-pyrrole nitrogens is 1. The molecule has 0 aliphatic rings. The van der Waals surface area contributed by atoms with Crippen molar-refractivity contribution in [2.24, 2.45) is 0 Å². The molecule has 1 heterocycles. The summed E-state index contributed by atoms with van der Waals surface area (Å²) < 4.78 is 6.18. The van der Waals surface area contributed by atoms with Gasteiger partial charge in [0.1, 0.15) is 11.5 Å². The van der Waals surface area contributed by atoms with Gasteiger partial charge >= 0.3 is 0 Å². The Bertz CT molecular complexity index is 1060. The zero-order chi connectivity index (χ0) is 18.8. The molecule has 1 aromatic heterocycles. The maximum Gasteiger partial charge on any atom is 0.128 e. The van der Waals surface area contributed by atoms with Crippen molar-refractivity contribution in [2.45, 2.75) is 19.8 Å². The van der Waals surface area contributed by atoms with Gasteiger partial charge in [0.2, 0.25) is 0 Å². The average Bonchev–Trinajstić information content (AvgIpc) is 3.00. The maximum absolute atomic E-state index is 6.18. The van der Waals surface area contributed by atoms with Gasteiger partial charge < -0.3 is 14.6 Å². The van der Waals surface area contributed by atoms with Crippen molar-refractivity contribution >= 4 is 21.8 Å². The highest BCUT2D eigenvalue weighted by Gasteiger charge is 2.12. The number of fused-ring (bicyclic) bond motifs is 3. The summed E-state index contributed by atoms with van der Waals surface area (Å²) in [6, 6.07) is 20.9. The van der Waals surface area contributed by atoms with Crippen molar-refractivity contribution in [3.05, 3.63) is 71.8 Å². The Morgan fingerprint density at radius 3 is 2.48 bits per heavy atom. The fourth-order valence-corrected chi connectivity index (χ4v) is 3.62. The number of aryl methyl sites for hydroxylation is 2. The van der Waals surface area contributed by atoms with Crippen LogP contribution in [-0.2, 0) is 6.42 Å². The minimum atomic E-state index is 0.868. The Hall–Kier alpha value is -2.78. The van der Waals surface area contributed by atoms with Crippen LogP contribution in [0.25, 0.3) is 21.8 Å². The lowest BCUT2D eigenvalue weighted by atomic mass is 10.0. The van der Waals surface area contributed by atoms with E-state index in [0.29, 0.717) is 0 Å². The molecule has 4 aromatic rings. The van der Waals surface area contributed by atoms with E-state index >= 15 is 0 Å². The number of aromatic nitrogens is 1. The van der Waals surface area contributed by atoms with Crippen molar-refractivity contribution in [1.29, 1.82) is 0 Å². The van der Waals surface area contributed by atoms with E-state index in [-0.39, 0.29) is 0 Å². The smallest absolute Gasteiger partial charge is 0.128 e. The van der Waals surface area contributed by atoms with E-state index in [1.54, 1.807) is 0 Å². The van der Waals surface area contributed by atoms with Crippen molar-refractivity contribution in [3.8, 4) is 11.5 Å². The number of nitrogens with one attached hydrogen (secondary N) is 1. The third-order valence-electron chi connectivity index (χ3n) is 4.95. The lowest BCUT2D eigenvalue weighted by molar-refractivity contribution is 0.400. The van der Waals surface area contributed by atoms with E-state index in [9.17, 15) is 0 Å². The molecule has 0 fully saturated rings. The van der Waals surface area contributed by atoms with Crippen LogP contribution in [-0.4, -0.2) is 30.5 Å². The van der Waals surface area contributed by atoms with Crippen molar-refractivity contribution < 1.29 is 4.74 Å². The molecule has 27 heavy (non-hydrogen) atoms. The van der Waals surface area contributed by atoms with Crippen LogP contribution in [0.4, 0.5) is 0 Å². The largest absolute Gasteiger partial charge is 0.457 e. The summed E-state index contributed by atoms with van der Waals surface area (Å²) in [7, 11) is 4.24. The lowest BCUT2D eigenvalue weighted by Gasteiger charge is -2.12. The van der Waals surface area contributed by atoms with Gasteiger partial charge in [-0.1, -0.05) is 29.8 Å². The zero-order valence-corrected chi connectivity index (χ0v) is 16.3. The van der Waals surface area contributed by atoms with Gasteiger partial charge in [-0.3, -0.25) is 0 Å². The number of hydrogen-bond acceptors (Lipinski definition) is 2. The van der Waals surface area contributed by atoms with Crippen molar-refractivity contribution in [1.82, 2.24) is 9.88 Å². The van der Waals surface area contributed by atoms with Gasteiger partial charge in [-0.2, -0.15) is 0 Å². The second-order valence-electron chi connectivity index (χ2n) is 7.50. The summed E-state index contributed by atoms with van der Waals surface area (Å²) in [6.07, 6.45) is 2.14. The molecule has 0 amide bonds. The number of aromatic amines is 1. The summed E-state index contributed by atoms with van der Waals surface area (Å²) in [5.74, 6) is 1.77. The molecule has 0 bridgehead atoms. The predicted molar refractivity (Wildman–Crippen MR) is 114 cm³/mol. The van der Waals surface area contributed by atoms with Crippen molar-refractivity contribution in [3.63, 3.8) is 0 Å². The zero-order valence-electron chi connectivity index (χ0n) is 16.3. The van der Waals surface area contributed by atoms with Gasteiger partial charge in [0.25, 0.3) is 0 Å². The molecule has 138 valence electrons. The molecule has 0 unspecified atom stereocenters. The van der Waals surface area contributed by atoms with E-state index in [1.165, 1.54) is 32.9 Å². The average molecular weight is 358 g/mol. The number of rotatable bonds is 6. The van der Waals surface area contributed by atoms with Gasteiger partial charge in [0, 0.05) is 21.8 Å². The first-order valence-electron chi connectivity index (χ1n) is 9.53. The topological polar surface area (TPSA) is 28.3 Å².